The van der Waals surface area contributed by atoms with Crippen LogP contribution in [0, 0.1) is 11.3 Å². The molecule has 0 amide bonds. The summed E-state index contributed by atoms with van der Waals surface area (Å²) in [6.07, 6.45) is 7.74. The molecule has 0 aliphatic heterocycles. The van der Waals surface area contributed by atoms with Crippen molar-refractivity contribution in [3.63, 3.8) is 0 Å². The minimum absolute atomic E-state index is 0. The Hall–Kier alpha value is -0.850. The van der Waals surface area contributed by atoms with Crippen molar-refractivity contribution in [2.24, 2.45) is 0 Å². The van der Waals surface area contributed by atoms with Crippen molar-refractivity contribution >= 4 is 0 Å². The fourth-order valence-electron chi connectivity index (χ4n) is 3.13. The summed E-state index contributed by atoms with van der Waals surface area (Å²) in [5.74, 6) is 0. The summed E-state index contributed by atoms with van der Waals surface area (Å²) >= 11 is 0. The Morgan fingerprint density at radius 3 is 1.61 bits per heavy atom. The highest BCUT2D eigenvalue weighted by Crippen LogP contribution is 2.20. The lowest BCUT2D eigenvalue weighted by Gasteiger charge is -2.39. The molecule has 0 heterocycles. The first-order valence-corrected chi connectivity index (χ1v) is 9.03. The number of nitrogens with zero attached hydrogens (tertiary/aromatic N) is 2. The molecule has 0 unspecified atom stereocenters. The summed E-state index contributed by atoms with van der Waals surface area (Å²) in [6.45, 7) is 11.8. The van der Waals surface area contributed by atoms with Gasteiger partial charge in [-0.3, -0.25) is 0 Å². The molecule has 1 aromatic carbocycles. The molecule has 0 N–H and O–H groups in total. The fraction of sp³-hybridized carbons (Fsp3) is 0.650. The molecule has 23 heavy (non-hydrogen) atoms. The molecule has 0 fully saturated rings. The first kappa shape index (κ1) is 22.1. The Kier molecular flexibility index (Phi) is 12.1. The second-order valence-corrected chi connectivity index (χ2v) is 6.54. The molecular weight excluding hydrogens is 348 g/mol. The minimum Gasteiger partial charge on any atom is -1.00 e. The van der Waals surface area contributed by atoms with E-state index in [-0.39, 0.29) is 17.0 Å². The van der Waals surface area contributed by atoms with E-state index in [0.29, 0.717) is 0 Å². The molecule has 0 bridgehead atoms. The minimum atomic E-state index is 0. The Labute approximate surface area is 153 Å². The van der Waals surface area contributed by atoms with E-state index in [9.17, 15) is 0 Å². The third-order valence-corrected chi connectivity index (χ3v) is 4.56. The van der Waals surface area contributed by atoms with Gasteiger partial charge >= 0.3 is 0 Å². The Balaban J connectivity index is 0.00000484. The van der Waals surface area contributed by atoms with E-state index in [4.69, 9.17) is 5.26 Å². The largest absolute Gasteiger partial charge is 1.00 e. The van der Waals surface area contributed by atoms with Crippen LogP contribution in [-0.2, 0) is 6.54 Å². The Morgan fingerprint density at radius 2 is 1.26 bits per heavy atom. The second kappa shape index (κ2) is 12.6. The Bertz CT molecular complexity index is 426. The highest BCUT2D eigenvalue weighted by Gasteiger charge is 2.26. The number of unbranched alkanes of at least 4 members (excludes halogenated alkanes) is 3. The van der Waals surface area contributed by atoms with Crippen LogP contribution in [-0.4, -0.2) is 24.1 Å². The monoisotopic (exact) mass is 380 g/mol. The molecule has 0 saturated heterocycles. The number of quaternary nitrogens is 1. The number of rotatable bonds is 11. The van der Waals surface area contributed by atoms with Crippen molar-refractivity contribution in [3.05, 3.63) is 35.4 Å². The summed E-state index contributed by atoms with van der Waals surface area (Å²) in [6, 6.07) is 10.4. The zero-order valence-corrected chi connectivity index (χ0v) is 16.7. The molecule has 0 aromatic heterocycles. The van der Waals surface area contributed by atoms with E-state index >= 15 is 0 Å². The maximum Gasteiger partial charge on any atom is 0.104 e. The van der Waals surface area contributed by atoms with Gasteiger partial charge in [-0.05, 0) is 31.4 Å². The van der Waals surface area contributed by atoms with Crippen LogP contribution in [0.5, 0.6) is 0 Å². The normalized spacial score (nSPS) is 10.9. The molecule has 2 nitrogen and oxygen atoms in total. The van der Waals surface area contributed by atoms with Crippen molar-refractivity contribution in [2.75, 3.05) is 19.6 Å². The fourth-order valence-corrected chi connectivity index (χ4v) is 3.13. The van der Waals surface area contributed by atoms with Crippen LogP contribution in [0.3, 0.4) is 0 Å². The summed E-state index contributed by atoms with van der Waals surface area (Å²) in [5.41, 5.74) is 2.14. The van der Waals surface area contributed by atoms with Crippen molar-refractivity contribution in [2.45, 2.75) is 65.8 Å². The van der Waals surface area contributed by atoms with Crippen LogP contribution < -0.4 is 17.0 Å². The maximum absolute atomic E-state index is 8.96. The highest BCUT2D eigenvalue weighted by molar-refractivity contribution is 5.31. The molecule has 1 rings (SSSR count). The maximum atomic E-state index is 8.96. The van der Waals surface area contributed by atoms with Gasteiger partial charge in [-0.1, -0.05) is 52.2 Å². The van der Waals surface area contributed by atoms with Crippen molar-refractivity contribution in [1.82, 2.24) is 0 Å². The molecule has 0 atom stereocenters. The number of hydrogen-bond acceptors (Lipinski definition) is 1. The zero-order chi connectivity index (χ0) is 16.3. The summed E-state index contributed by atoms with van der Waals surface area (Å²) < 4.78 is 1.22. The lowest BCUT2D eigenvalue weighted by Crippen LogP contribution is -3.00. The molecule has 3 heteroatoms. The van der Waals surface area contributed by atoms with E-state index in [0.717, 1.165) is 12.1 Å². The van der Waals surface area contributed by atoms with Gasteiger partial charge < -0.3 is 21.5 Å². The van der Waals surface area contributed by atoms with E-state index in [1.165, 1.54) is 68.2 Å². The quantitative estimate of drug-likeness (QED) is 0.540. The van der Waals surface area contributed by atoms with Crippen LogP contribution in [0.15, 0.2) is 24.3 Å². The third kappa shape index (κ3) is 7.99. The molecular formula is C20H33BrN2. The van der Waals surface area contributed by atoms with E-state index in [1.54, 1.807) is 0 Å². The average molecular weight is 381 g/mol. The van der Waals surface area contributed by atoms with Gasteiger partial charge in [-0.15, -0.1) is 0 Å². The van der Waals surface area contributed by atoms with Crippen molar-refractivity contribution in [3.8, 4) is 6.07 Å². The number of benzene rings is 1. The molecule has 130 valence electrons. The first-order valence-electron chi connectivity index (χ1n) is 9.03. The summed E-state index contributed by atoms with van der Waals surface area (Å²) in [7, 11) is 0. The molecule has 0 aliphatic carbocycles. The molecule has 0 aliphatic rings. The van der Waals surface area contributed by atoms with E-state index < -0.39 is 0 Å². The number of nitriles is 1. The van der Waals surface area contributed by atoms with Crippen molar-refractivity contribution < 1.29 is 21.5 Å². The lowest BCUT2D eigenvalue weighted by atomic mass is 10.1. The molecule has 0 radical (unpaired) electrons. The third-order valence-electron chi connectivity index (χ3n) is 4.56. The average Bonchev–Trinajstić information content (AvgIpc) is 2.56. The lowest BCUT2D eigenvalue weighted by molar-refractivity contribution is -0.941. The van der Waals surface area contributed by atoms with Gasteiger partial charge in [0.25, 0.3) is 0 Å². The van der Waals surface area contributed by atoms with Gasteiger partial charge in [0.1, 0.15) is 6.54 Å². The van der Waals surface area contributed by atoms with E-state index in [1.807, 2.05) is 12.1 Å². The molecule has 1 aromatic rings. The van der Waals surface area contributed by atoms with Gasteiger partial charge in [0, 0.05) is 5.56 Å². The smallest absolute Gasteiger partial charge is 0.104 e. The molecule has 0 spiro atoms. The van der Waals surface area contributed by atoms with Crippen LogP contribution in [0.25, 0.3) is 0 Å². The van der Waals surface area contributed by atoms with Gasteiger partial charge in [0.05, 0.1) is 31.3 Å². The Morgan fingerprint density at radius 1 is 0.826 bits per heavy atom. The molecule has 0 saturated carbocycles. The topological polar surface area (TPSA) is 23.8 Å². The van der Waals surface area contributed by atoms with Gasteiger partial charge in [0.15, 0.2) is 0 Å². The second-order valence-electron chi connectivity index (χ2n) is 6.54. The van der Waals surface area contributed by atoms with Crippen LogP contribution in [0.2, 0.25) is 0 Å². The summed E-state index contributed by atoms with van der Waals surface area (Å²) in [4.78, 5) is 0. The predicted octanol–water partition coefficient (Wildman–Crippen LogP) is 2.28. The standard InChI is InChI=1S/C20H33N2.BrH/c1-4-7-14-22(15-8-5-2,16-9-6-3)18-20-12-10-19(17-21)11-13-20;/h10-13H,4-9,14-16,18H2,1-3H3;1H/q+1;/p-1. The van der Waals surface area contributed by atoms with Crippen LogP contribution in [0.1, 0.15) is 70.4 Å². The van der Waals surface area contributed by atoms with E-state index in [2.05, 4.69) is 39.0 Å². The number of halogens is 1. The van der Waals surface area contributed by atoms with Gasteiger partial charge in [-0.25, -0.2) is 0 Å². The van der Waals surface area contributed by atoms with Gasteiger partial charge in [-0.2, -0.15) is 5.26 Å². The first-order chi connectivity index (χ1) is 10.7. The summed E-state index contributed by atoms with van der Waals surface area (Å²) in [5, 5.41) is 8.96. The number of hydrogen-bond donors (Lipinski definition) is 0. The predicted molar refractivity (Wildman–Crippen MR) is 94.4 cm³/mol. The van der Waals surface area contributed by atoms with Crippen LogP contribution in [0.4, 0.5) is 0 Å². The van der Waals surface area contributed by atoms with Crippen molar-refractivity contribution in [1.29, 1.82) is 5.26 Å². The van der Waals surface area contributed by atoms with Gasteiger partial charge in [0.2, 0.25) is 0 Å². The zero-order valence-electron chi connectivity index (χ0n) is 15.2. The highest BCUT2D eigenvalue weighted by atomic mass is 79.9. The van der Waals surface area contributed by atoms with Crippen LogP contribution >= 0.6 is 0 Å². The SMILES string of the molecule is CCCC[N+](CCCC)(CCCC)Cc1ccc(C#N)cc1.[Br-].